The third-order valence-electron chi connectivity index (χ3n) is 5.23. The van der Waals surface area contributed by atoms with Crippen LogP contribution in [0.5, 0.6) is 5.75 Å². The fraction of sp³-hybridized carbons (Fsp3) is 0.250. The van der Waals surface area contributed by atoms with Crippen molar-refractivity contribution in [3.63, 3.8) is 0 Å². The second kappa shape index (κ2) is 9.62. The summed E-state index contributed by atoms with van der Waals surface area (Å²) in [6.45, 7) is 3.93. The molecule has 1 N–H and O–H groups in total. The van der Waals surface area contributed by atoms with Crippen LogP contribution in [0.2, 0.25) is 0 Å². The Labute approximate surface area is 185 Å². The van der Waals surface area contributed by atoms with E-state index in [-0.39, 0.29) is 18.2 Å². The number of nitriles is 1. The van der Waals surface area contributed by atoms with Crippen LogP contribution in [-0.2, 0) is 11.3 Å². The van der Waals surface area contributed by atoms with Crippen LogP contribution in [0.4, 0.5) is 14.6 Å². The van der Waals surface area contributed by atoms with E-state index in [0.29, 0.717) is 34.7 Å². The number of carbonyl (C=O) groups excluding carboxylic acids is 1. The summed E-state index contributed by atoms with van der Waals surface area (Å²) in [7, 11) is 3.13. The second-order valence-electron chi connectivity index (χ2n) is 7.55. The summed E-state index contributed by atoms with van der Waals surface area (Å²) in [5.41, 5.74) is 2.94. The summed E-state index contributed by atoms with van der Waals surface area (Å²) in [6.07, 6.45) is 0. The molecule has 0 fully saturated rings. The predicted octanol–water partition coefficient (Wildman–Crippen LogP) is 4.32. The Bertz CT molecular complexity index is 1200. The molecule has 1 aromatic heterocycles. The Kier molecular flexibility index (Phi) is 6.91. The van der Waals surface area contributed by atoms with Crippen molar-refractivity contribution in [2.24, 2.45) is 0 Å². The maximum atomic E-state index is 13.9. The first-order valence-corrected chi connectivity index (χ1v) is 9.94. The van der Waals surface area contributed by atoms with E-state index >= 15 is 0 Å². The van der Waals surface area contributed by atoms with Crippen LogP contribution >= 0.6 is 0 Å². The van der Waals surface area contributed by atoms with E-state index in [0.717, 1.165) is 5.69 Å². The summed E-state index contributed by atoms with van der Waals surface area (Å²) < 4.78 is 34.3. The topological polar surface area (TPSA) is 70.3 Å². The molecule has 0 radical (unpaired) electrons. The van der Waals surface area contributed by atoms with Crippen LogP contribution in [0.25, 0.3) is 5.69 Å². The molecule has 0 bridgehead atoms. The molecule has 0 aliphatic carbocycles. The van der Waals surface area contributed by atoms with Crippen LogP contribution in [0, 0.1) is 36.8 Å². The van der Waals surface area contributed by atoms with E-state index in [1.165, 1.54) is 31.4 Å². The van der Waals surface area contributed by atoms with Gasteiger partial charge in [0.15, 0.2) is 11.6 Å². The molecule has 1 amide bonds. The molecule has 2 aromatic carbocycles. The first-order valence-electron chi connectivity index (χ1n) is 9.94. The molecular weight excluding hydrogens is 414 g/mol. The Morgan fingerprint density at radius 1 is 1.22 bits per heavy atom. The third-order valence-corrected chi connectivity index (χ3v) is 5.23. The summed E-state index contributed by atoms with van der Waals surface area (Å²) in [4.78, 5) is 14.5. The first-order chi connectivity index (χ1) is 15.2. The molecule has 166 valence electrons. The van der Waals surface area contributed by atoms with E-state index in [1.807, 2.05) is 0 Å². The van der Waals surface area contributed by atoms with Gasteiger partial charge in [-0.3, -0.25) is 14.3 Å². The number of anilines is 1. The van der Waals surface area contributed by atoms with Gasteiger partial charge in [0.25, 0.3) is 0 Å². The standard InChI is InChI=1S/C24H24F2N4O2/c1-15-16(2)30(19-7-5-6-18(25)11-19)24(20(15)12-27)28-23(31)14-29(3)13-17-8-9-22(32-4)21(26)10-17/h5-11H,13-14H2,1-4H3,(H,28,31). The zero-order chi connectivity index (χ0) is 23.4. The van der Waals surface area contributed by atoms with E-state index in [4.69, 9.17) is 4.74 Å². The number of amides is 1. The summed E-state index contributed by atoms with van der Waals surface area (Å²) in [6, 6.07) is 12.7. The van der Waals surface area contributed by atoms with Crippen molar-refractivity contribution in [1.82, 2.24) is 9.47 Å². The minimum absolute atomic E-state index is 0.00490. The number of nitrogens with one attached hydrogen (secondary N) is 1. The highest BCUT2D eigenvalue weighted by molar-refractivity contribution is 5.93. The van der Waals surface area contributed by atoms with E-state index < -0.39 is 11.6 Å². The van der Waals surface area contributed by atoms with Gasteiger partial charge >= 0.3 is 0 Å². The molecule has 0 aliphatic heterocycles. The number of carbonyl (C=O) groups is 1. The van der Waals surface area contributed by atoms with Crippen molar-refractivity contribution < 1.29 is 18.3 Å². The highest BCUT2D eigenvalue weighted by Gasteiger charge is 2.21. The summed E-state index contributed by atoms with van der Waals surface area (Å²) in [5, 5.41) is 12.5. The van der Waals surface area contributed by atoms with Gasteiger partial charge in [-0.05, 0) is 62.4 Å². The predicted molar refractivity (Wildman–Crippen MR) is 118 cm³/mol. The van der Waals surface area contributed by atoms with Crippen molar-refractivity contribution in [2.45, 2.75) is 20.4 Å². The van der Waals surface area contributed by atoms with Gasteiger partial charge < -0.3 is 10.1 Å². The molecule has 1 heterocycles. The number of halogens is 2. The minimum atomic E-state index is -0.472. The highest BCUT2D eigenvalue weighted by Crippen LogP contribution is 2.30. The zero-order valence-corrected chi connectivity index (χ0v) is 18.4. The molecule has 32 heavy (non-hydrogen) atoms. The quantitative estimate of drug-likeness (QED) is 0.596. The fourth-order valence-corrected chi connectivity index (χ4v) is 3.59. The number of hydrogen-bond acceptors (Lipinski definition) is 4. The Balaban J connectivity index is 1.81. The molecule has 3 aromatic rings. The van der Waals surface area contributed by atoms with Crippen molar-refractivity contribution in [2.75, 3.05) is 26.0 Å². The highest BCUT2D eigenvalue weighted by atomic mass is 19.1. The lowest BCUT2D eigenvalue weighted by molar-refractivity contribution is -0.117. The summed E-state index contributed by atoms with van der Waals surface area (Å²) >= 11 is 0. The lowest BCUT2D eigenvalue weighted by Crippen LogP contribution is -2.30. The van der Waals surface area contributed by atoms with Gasteiger partial charge in [0.1, 0.15) is 17.7 Å². The molecule has 0 spiro atoms. The Morgan fingerprint density at radius 2 is 1.97 bits per heavy atom. The molecule has 6 nitrogen and oxygen atoms in total. The second-order valence-corrected chi connectivity index (χ2v) is 7.55. The van der Waals surface area contributed by atoms with Crippen LogP contribution in [0.15, 0.2) is 42.5 Å². The number of benzene rings is 2. The minimum Gasteiger partial charge on any atom is -0.494 e. The van der Waals surface area contributed by atoms with Crippen LogP contribution in [0.1, 0.15) is 22.4 Å². The number of likely N-dealkylation sites (N-methyl/N-ethyl adjacent to an activating group) is 1. The van der Waals surface area contributed by atoms with Gasteiger partial charge in [-0.15, -0.1) is 0 Å². The summed E-state index contributed by atoms with van der Waals surface area (Å²) in [5.74, 6) is -0.798. The molecule has 0 saturated heterocycles. The van der Waals surface area contributed by atoms with E-state index in [9.17, 15) is 18.8 Å². The fourth-order valence-electron chi connectivity index (χ4n) is 3.59. The third kappa shape index (κ3) is 4.79. The maximum Gasteiger partial charge on any atom is 0.239 e. The zero-order valence-electron chi connectivity index (χ0n) is 18.4. The molecule has 0 saturated carbocycles. The largest absolute Gasteiger partial charge is 0.494 e. The van der Waals surface area contributed by atoms with Gasteiger partial charge in [0.05, 0.1) is 24.9 Å². The SMILES string of the molecule is COc1ccc(CN(C)CC(=O)Nc2c(C#N)c(C)c(C)n2-c2cccc(F)c2)cc1F. The van der Waals surface area contributed by atoms with Crippen LogP contribution < -0.4 is 10.1 Å². The monoisotopic (exact) mass is 438 g/mol. The van der Waals surface area contributed by atoms with E-state index in [2.05, 4.69) is 11.4 Å². The van der Waals surface area contributed by atoms with E-state index in [1.54, 1.807) is 48.6 Å². The number of hydrogen-bond donors (Lipinski definition) is 1. The average molecular weight is 438 g/mol. The Morgan fingerprint density at radius 3 is 2.59 bits per heavy atom. The molecule has 0 atom stereocenters. The van der Waals surface area contributed by atoms with Gasteiger partial charge in [0.2, 0.25) is 5.91 Å². The van der Waals surface area contributed by atoms with Gasteiger partial charge in [-0.2, -0.15) is 5.26 Å². The number of rotatable bonds is 7. The van der Waals surface area contributed by atoms with Crippen molar-refractivity contribution in [3.8, 4) is 17.5 Å². The lowest BCUT2D eigenvalue weighted by atomic mass is 10.2. The molecule has 3 rings (SSSR count). The number of ether oxygens (including phenoxy) is 1. The Hall–Kier alpha value is -3.70. The smallest absolute Gasteiger partial charge is 0.239 e. The van der Waals surface area contributed by atoms with Gasteiger partial charge in [-0.25, -0.2) is 8.78 Å². The molecule has 0 unspecified atom stereocenters. The number of aromatic nitrogens is 1. The van der Waals surface area contributed by atoms with Crippen molar-refractivity contribution in [1.29, 1.82) is 5.26 Å². The number of nitrogens with zero attached hydrogens (tertiary/aromatic N) is 3. The average Bonchev–Trinajstić information content (AvgIpc) is 2.97. The van der Waals surface area contributed by atoms with Crippen molar-refractivity contribution in [3.05, 3.63) is 76.5 Å². The van der Waals surface area contributed by atoms with Crippen LogP contribution in [-0.4, -0.2) is 36.1 Å². The van der Waals surface area contributed by atoms with Crippen molar-refractivity contribution >= 4 is 11.7 Å². The molecule has 8 heteroatoms. The normalized spacial score (nSPS) is 10.8. The molecule has 0 aliphatic rings. The van der Waals surface area contributed by atoms with Gasteiger partial charge in [-0.1, -0.05) is 12.1 Å². The molecular formula is C24H24F2N4O2. The maximum absolute atomic E-state index is 13.9. The first kappa shape index (κ1) is 23.0. The van der Waals surface area contributed by atoms with Crippen LogP contribution in [0.3, 0.4) is 0 Å². The van der Waals surface area contributed by atoms with Gasteiger partial charge in [0, 0.05) is 12.2 Å². The lowest BCUT2D eigenvalue weighted by Gasteiger charge is -2.18. The number of methoxy groups -OCH3 is 1.